The Morgan fingerprint density at radius 2 is 1.77 bits per heavy atom. The third kappa shape index (κ3) is 5.09. The van der Waals surface area contributed by atoms with Crippen LogP contribution in [0.4, 0.5) is 11.4 Å². The SMILES string of the molecule is CS(=O)(=O)Nc1ccc(N2C(=S)NC(c3ccccn3)C2c2ccc(-c3ccc(Br)cc3)o2)cc1. The lowest BCUT2D eigenvalue weighted by atomic mass is 10.0. The summed E-state index contributed by atoms with van der Waals surface area (Å²) in [5.41, 5.74) is 3.07. The van der Waals surface area contributed by atoms with Gasteiger partial charge in [0, 0.05) is 27.6 Å². The molecule has 1 aliphatic rings. The predicted molar refractivity (Wildman–Crippen MR) is 145 cm³/mol. The van der Waals surface area contributed by atoms with Gasteiger partial charge in [0.15, 0.2) is 5.11 Å². The van der Waals surface area contributed by atoms with Crippen molar-refractivity contribution >= 4 is 54.7 Å². The van der Waals surface area contributed by atoms with Gasteiger partial charge in [0.1, 0.15) is 17.6 Å². The summed E-state index contributed by atoms with van der Waals surface area (Å²) < 4.78 is 33.0. The van der Waals surface area contributed by atoms with Crippen LogP contribution in [0.2, 0.25) is 0 Å². The molecule has 2 aromatic heterocycles. The minimum Gasteiger partial charge on any atom is -0.459 e. The second-order valence-corrected chi connectivity index (χ2v) is 11.2. The average molecular weight is 570 g/mol. The first-order chi connectivity index (χ1) is 16.8. The van der Waals surface area contributed by atoms with Crippen molar-refractivity contribution in [1.82, 2.24) is 10.3 Å². The monoisotopic (exact) mass is 568 g/mol. The van der Waals surface area contributed by atoms with Crippen molar-refractivity contribution in [3.63, 3.8) is 0 Å². The molecule has 3 heterocycles. The molecule has 0 radical (unpaired) electrons. The molecular formula is C25H21BrN4O3S2. The van der Waals surface area contributed by atoms with Crippen LogP contribution >= 0.6 is 28.1 Å². The number of furan rings is 1. The fraction of sp³-hybridized carbons (Fsp3) is 0.120. The van der Waals surface area contributed by atoms with Crippen LogP contribution in [0.15, 0.2) is 93.9 Å². The highest BCUT2D eigenvalue weighted by Crippen LogP contribution is 2.43. The van der Waals surface area contributed by atoms with E-state index in [0.29, 0.717) is 10.8 Å². The molecule has 35 heavy (non-hydrogen) atoms. The fourth-order valence-electron chi connectivity index (χ4n) is 4.11. The molecule has 2 atom stereocenters. The molecule has 2 unspecified atom stereocenters. The van der Waals surface area contributed by atoms with E-state index in [4.69, 9.17) is 16.6 Å². The van der Waals surface area contributed by atoms with E-state index in [0.717, 1.165) is 39.2 Å². The van der Waals surface area contributed by atoms with Crippen molar-refractivity contribution in [2.45, 2.75) is 12.1 Å². The van der Waals surface area contributed by atoms with Crippen LogP contribution < -0.4 is 14.9 Å². The van der Waals surface area contributed by atoms with Gasteiger partial charge in [0.2, 0.25) is 10.0 Å². The number of thiocarbonyl (C=S) groups is 1. The summed E-state index contributed by atoms with van der Waals surface area (Å²) in [6.07, 6.45) is 2.87. The van der Waals surface area contributed by atoms with Gasteiger partial charge in [0.05, 0.1) is 18.0 Å². The second kappa shape index (κ2) is 9.44. The summed E-state index contributed by atoms with van der Waals surface area (Å²) in [4.78, 5) is 6.53. The van der Waals surface area contributed by atoms with Gasteiger partial charge < -0.3 is 14.6 Å². The van der Waals surface area contributed by atoms with E-state index in [1.54, 1.807) is 18.3 Å². The summed E-state index contributed by atoms with van der Waals surface area (Å²) in [5, 5.41) is 3.92. The molecule has 4 aromatic rings. The Kier molecular flexibility index (Phi) is 6.35. The van der Waals surface area contributed by atoms with Crippen molar-refractivity contribution in [2.75, 3.05) is 15.9 Å². The number of hydrogen-bond donors (Lipinski definition) is 2. The minimum atomic E-state index is -3.37. The molecule has 2 N–H and O–H groups in total. The summed E-state index contributed by atoms with van der Waals surface area (Å²) in [6, 6.07) is 24.1. The molecule has 0 saturated carbocycles. The maximum absolute atomic E-state index is 11.6. The molecule has 0 amide bonds. The molecule has 0 spiro atoms. The number of hydrogen-bond acceptors (Lipinski definition) is 5. The number of nitrogens with one attached hydrogen (secondary N) is 2. The van der Waals surface area contributed by atoms with Crippen LogP contribution in [0.1, 0.15) is 23.5 Å². The lowest BCUT2D eigenvalue weighted by Gasteiger charge is -2.26. The summed E-state index contributed by atoms with van der Waals surface area (Å²) in [6.45, 7) is 0. The average Bonchev–Trinajstić information content (AvgIpc) is 3.44. The van der Waals surface area contributed by atoms with Gasteiger partial charge >= 0.3 is 0 Å². The summed E-state index contributed by atoms with van der Waals surface area (Å²) >= 11 is 9.21. The maximum atomic E-state index is 11.6. The summed E-state index contributed by atoms with van der Waals surface area (Å²) in [5.74, 6) is 1.47. The first kappa shape index (κ1) is 23.5. The van der Waals surface area contributed by atoms with Gasteiger partial charge in [-0.1, -0.05) is 34.1 Å². The van der Waals surface area contributed by atoms with E-state index in [2.05, 4.69) is 31.0 Å². The van der Waals surface area contributed by atoms with Crippen LogP contribution in [-0.2, 0) is 10.0 Å². The van der Waals surface area contributed by atoms with Crippen molar-refractivity contribution in [2.24, 2.45) is 0 Å². The van der Waals surface area contributed by atoms with E-state index < -0.39 is 10.0 Å². The van der Waals surface area contributed by atoms with E-state index >= 15 is 0 Å². The second-order valence-electron chi connectivity index (χ2n) is 8.13. The van der Waals surface area contributed by atoms with Crippen molar-refractivity contribution in [1.29, 1.82) is 0 Å². The van der Waals surface area contributed by atoms with E-state index in [1.165, 1.54) is 0 Å². The van der Waals surface area contributed by atoms with E-state index in [9.17, 15) is 8.42 Å². The lowest BCUT2D eigenvalue weighted by Crippen LogP contribution is -2.29. The molecular weight excluding hydrogens is 548 g/mol. The Morgan fingerprint density at radius 3 is 2.43 bits per heavy atom. The molecule has 1 saturated heterocycles. The number of benzene rings is 2. The highest BCUT2D eigenvalue weighted by atomic mass is 79.9. The molecule has 7 nitrogen and oxygen atoms in total. The third-order valence-electron chi connectivity index (χ3n) is 5.59. The highest BCUT2D eigenvalue weighted by Gasteiger charge is 2.42. The third-order valence-corrected chi connectivity index (χ3v) is 7.04. The zero-order valence-electron chi connectivity index (χ0n) is 18.6. The topological polar surface area (TPSA) is 87.5 Å². The molecule has 2 aromatic carbocycles. The van der Waals surface area contributed by atoms with Crippen LogP contribution in [0.3, 0.4) is 0 Å². The molecule has 0 aliphatic carbocycles. The predicted octanol–water partition coefficient (Wildman–Crippen LogP) is 5.65. The highest BCUT2D eigenvalue weighted by molar-refractivity contribution is 9.10. The Labute approximate surface area is 217 Å². The smallest absolute Gasteiger partial charge is 0.229 e. The zero-order valence-corrected chi connectivity index (χ0v) is 21.8. The number of halogens is 1. The van der Waals surface area contributed by atoms with E-state index in [1.807, 2.05) is 71.6 Å². The molecule has 10 heteroatoms. The molecule has 178 valence electrons. The molecule has 1 fully saturated rings. The fourth-order valence-corrected chi connectivity index (χ4v) is 5.28. The Morgan fingerprint density at radius 1 is 1.03 bits per heavy atom. The number of nitrogens with zero attached hydrogens (tertiary/aromatic N) is 2. The number of anilines is 2. The first-order valence-corrected chi connectivity index (χ1v) is 13.8. The lowest BCUT2D eigenvalue weighted by molar-refractivity contribution is 0.439. The van der Waals surface area contributed by atoms with Gasteiger partial charge in [-0.15, -0.1) is 0 Å². The summed E-state index contributed by atoms with van der Waals surface area (Å²) in [7, 11) is -3.37. The zero-order chi connectivity index (χ0) is 24.6. The number of pyridine rings is 1. The van der Waals surface area contributed by atoms with Gasteiger partial charge in [-0.05, 0) is 72.9 Å². The van der Waals surface area contributed by atoms with Gasteiger partial charge in [-0.3, -0.25) is 9.71 Å². The van der Waals surface area contributed by atoms with Gasteiger partial charge in [0.25, 0.3) is 0 Å². The number of rotatable bonds is 6. The number of sulfonamides is 1. The quantitative estimate of drug-likeness (QED) is 0.290. The van der Waals surface area contributed by atoms with Crippen molar-refractivity contribution < 1.29 is 12.8 Å². The molecule has 1 aliphatic heterocycles. The first-order valence-electron chi connectivity index (χ1n) is 10.7. The minimum absolute atomic E-state index is 0.249. The van der Waals surface area contributed by atoms with Gasteiger partial charge in [-0.25, -0.2) is 8.42 Å². The van der Waals surface area contributed by atoms with Crippen molar-refractivity contribution in [3.05, 3.63) is 101 Å². The Bertz CT molecular complexity index is 1460. The van der Waals surface area contributed by atoms with Gasteiger partial charge in [-0.2, -0.15) is 0 Å². The molecule has 5 rings (SSSR count). The van der Waals surface area contributed by atoms with E-state index in [-0.39, 0.29) is 12.1 Å². The van der Waals surface area contributed by atoms with Crippen molar-refractivity contribution in [3.8, 4) is 11.3 Å². The maximum Gasteiger partial charge on any atom is 0.229 e. The van der Waals surface area contributed by atoms with Crippen LogP contribution in [0, 0.1) is 0 Å². The van der Waals surface area contributed by atoms with Crippen LogP contribution in [0.5, 0.6) is 0 Å². The standard InChI is InChI=1S/C25H21BrN4O3S2/c1-35(31,32)29-18-9-11-19(12-10-18)30-24(23(28-25(30)34)20-4-2-3-15-27-20)22-14-13-21(33-22)16-5-7-17(26)8-6-16/h2-15,23-24,29H,1H3,(H,28,34). The Hall–Kier alpha value is -3.21. The Balaban J connectivity index is 1.54. The molecule has 0 bridgehead atoms. The largest absolute Gasteiger partial charge is 0.459 e. The normalized spacial score (nSPS) is 17.9. The van der Waals surface area contributed by atoms with Crippen LogP contribution in [0.25, 0.3) is 11.3 Å². The number of aromatic nitrogens is 1. The van der Waals surface area contributed by atoms with Crippen LogP contribution in [-0.4, -0.2) is 24.8 Å².